The van der Waals surface area contributed by atoms with Crippen LogP contribution >= 0.6 is 11.3 Å². The van der Waals surface area contributed by atoms with E-state index in [0.717, 1.165) is 84.4 Å². The molecule has 1 aliphatic carbocycles. The monoisotopic (exact) mass is 570 g/mol. The Morgan fingerprint density at radius 2 is 1.85 bits per heavy atom. The third kappa shape index (κ3) is 6.04. The fraction of sp³-hybridized carbons (Fsp3) is 0.485. The molecule has 8 heteroatoms. The smallest absolute Gasteiger partial charge is 0.185 e. The van der Waals surface area contributed by atoms with Crippen molar-refractivity contribution in [3.05, 3.63) is 64.0 Å². The summed E-state index contributed by atoms with van der Waals surface area (Å²) in [5.41, 5.74) is 5.65. The average Bonchev–Trinajstić information content (AvgIpc) is 3.54. The van der Waals surface area contributed by atoms with Crippen LogP contribution in [0.1, 0.15) is 48.9 Å². The van der Waals surface area contributed by atoms with Gasteiger partial charge in [0.15, 0.2) is 5.13 Å². The first-order chi connectivity index (χ1) is 19.9. The van der Waals surface area contributed by atoms with Crippen molar-refractivity contribution < 1.29 is 14.3 Å². The Labute approximate surface area is 246 Å². The van der Waals surface area contributed by atoms with Gasteiger partial charge in [0, 0.05) is 55.1 Å². The molecule has 7 nitrogen and oxygen atoms in total. The van der Waals surface area contributed by atoms with Crippen molar-refractivity contribution in [2.24, 2.45) is 17.8 Å². The average molecular weight is 571 g/mol. The van der Waals surface area contributed by atoms with Gasteiger partial charge < -0.3 is 19.2 Å². The number of aryl methyl sites for hydroxylation is 1. The lowest BCUT2D eigenvalue weighted by atomic mass is 9.87. The second-order valence-corrected chi connectivity index (χ2v) is 12.9. The van der Waals surface area contributed by atoms with Gasteiger partial charge >= 0.3 is 0 Å². The number of anilines is 1. The van der Waals surface area contributed by atoms with Crippen LogP contribution in [-0.4, -0.2) is 54.6 Å². The van der Waals surface area contributed by atoms with Crippen LogP contribution in [0.3, 0.4) is 0 Å². The molecular formula is C33H38N4O3S. The number of thiazole rings is 1. The maximum atomic E-state index is 11.6. The lowest BCUT2D eigenvalue weighted by Crippen LogP contribution is -2.44. The summed E-state index contributed by atoms with van der Waals surface area (Å²) in [4.78, 5) is 21.4. The quantitative estimate of drug-likeness (QED) is 0.315. The van der Waals surface area contributed by atoms with E-state index in [9.17, 15) is 10.1 Å². The molecule has 0 radical (unpaired) electrons. The van der Waals surface area contributed by atoms with E-state index >= 15 is 0 Å². The highest BCUT2D eigenvalue weighted by molar-refractivity contribution is 7.14. The van der Waals surface area contributed by atoms with Gasteiger partial charge in [-0.3, -0.25) is 4.90 Å². The summed E-state index contributed by atoms with van der Waals surface area (Å²) < 4.78 is 12.2. The fourth-order valence-electron chi connectivity index (χ4n) is 6.93. The molecule has 2 bridgehead atoms. The zero-order valence-electron chi connectivity index (χ0n) is 24.1. The Morgan fingerprint density at radius 3 is 2.56 bits per heavy atom. The van der Waals surface area contributed by atoms with E-state index in [2.05, 4.69) is 54.2 Å². The molecule has 3 fully saturated rings. The van der Waals surface area contributed by atoms with E-state index < -0.39 is 0 Å². The summed E-state index contributed by atoms with van der Waals surface area (Å²) in [5, 5.41) is 13.0. The molecular weight excluding hydrogens is 532 g/mol. The molecule has 0 amide bonds. The summed E-state index contributed by atoms with van der Waals surface area (Å²) in [6.07, 6.45) is 3.87. The lowest BCUT2D eigenvalue weighted by Gasteiger charge is -2.35. The molecule has 2 aliphatic heterocycles. The number of ether oxygens (including phenoxy) is 2. The summed E-state index contributed by atoms with van der Waals surface area (Å²) in [6.45, 7) is 11.0. The second-order valence-electron chi connectivity index (χ2n) is 12.1. The molecule has 41 heavy (non-hydrogen) atoms. The van der Waals surface area contributed by atoms with Crippen LogP contribution in [0.4, 0.5) is 5.13 Å². The van der Waals surface area contributed by atoms with E-state index in [4.69, 9.17) is 14.5 Å². The van der Waals surface area contributed by atoms with Crippen molar-refractivity contribution in [1.29, 1.82) is 5.26 Å². The molecule has 3 heterocycles. The number of nitriles is 1. The van der Waals surface area contributed by atoms with Gasteiger partial charge in [0.05, 0.1) is 29.5 Å². The van der Waals surface area contributed by atoms with Crippen LogP contribution in [0, 0.1) is 36.0 Å². The molecule has 4 atom stereocenters. The maximum Gasteiger partial charge on any atom is 0.185 e. The Morgan fingerprint density at radius 1 is 1.10 bits per heavy atom. The molecule has 2 aromatic carbocycles. The van der Waals surface area contributed by atoms with Gasteiger partial charge in [-0.15, -0.1) is 11.3 Å². The fourth-order valence-corrected chi connectivity index (χ4v) is 7.77. The highest BCUT2D eigenvalue weighted by Crippen LogP contribution is 2.43. The van der Waals surface area contributed by atoms with Crippen LogP contribution in [0.5, 0.6) is 5.75 Å². The topological polar surface area (TPSA) is 78.7 Å². The summed E-state index contributed by atoms with van der Waals surface area (Å²) in [5.74, 6) is 1.86. The van der Waals surface area contributed by atoms with Crippen LogP contribution in [0.2, 0.25) is 0 Å². The molecule has 3 aromatic rings. The molecule has 0 N–H and O–H groups in total. The maximum absolute atomic E-state index is 11.6. The number of aldehydes is 1. The van der Waals surface area contributed by atoms with E-state index in [-0.39, 0.29) is 18.1 Å². The van der Waals surface area contributed by atoms with Gasteiger partial charge in [-0.05, 0) is 69.2 Å². The Bertz CT molecular complexity index is 1420. The molecule has 6 rings (SSSR count). The Hall–Kier alpha value is -3.25. The van der Waals surface area contributed by atoms with Crippen molar-refractivity contribution >= 4 is 22.8 Å². The van der Waals surface area contributed by atoms with E-state index in [1.165, 1.54) is 6.29 Å². The Balaban J connectivity index is 1.16. The largest absolute Gasteiger partial charge is 0.488 e. The van der Waals surface area contributed by atoms with Crippen molar-refractivity contribution in [3.8, 4) is 23.1 Å². The summed E-state index contributed by atoms with van der Waals surface area (Å²) >= 11 is 1.66. The third-order valence-corrected chi connectivity index (χ3v) is 9.72. The zero-order chi connectivity index (χ0) is 28.5. The lowest BCUT2D eigenvalue weighted by molar-refractivity contribution is -0.113. The number of fused-ring (bicyclic) bond motifs is 2. The first-order valence-corrected chi connectivity index (χ1v) is 15.6. The number of aromatic nitrogens is 1. The summed E-state index contributed by atoms with van der Waals surface area (Å²) in [7, 11) is 0. The Kier molecular flexibility index (Phi) is 8.12. The van der Waals surface area contributed by atoms with Gasteiger partial charge in [0.25, 0.3) is 0 Å². The molecule has 214 valence electrons. The number of morpholine rings is 1. The van der Waals surface area contributed by atoms with E-state index in [0.29, 0.717) is 24.0 Å². The number of carbonyl (C=O) groups excluding carboxylic acids is 1. The van der Waals surface area contributed by atoms with Crippen LogP contribution in [0.25, 0.3) is 11.3 Å². The van der Waals surface area contributed by atoms with Crippen LogP contribution in [-0.2, 0) is 22.7 Å². The highest BCUT2D eigenvalue weighted by atomic mass is 32.1. The van der Waals surface area contributed by atoms with Gasteiger partial charge in [-0.1, -0.05) is 23.8 Å². The number of hydrogen-bond acceptors (Lipinski definition) is 8. The number of rotatable bonds is 8. The molecule has 0 spiro atoms. The number of hydrogen-bond donors (Lipinski definition) is 0. The minimum atomic E-state index is 0.210. The van der Waals surface area contributed by atoms with Crippen molar-refractivity contribution in [2.45, 2.75) is 59.0 Å². The van der Waals surface area contributed by atoms with Crippen LogP contribution in [0.15, 0.2) is 41.8 Å². The minimum Gasteiger partial charge on any atom is -0.488 e. The van der Waals surface area contributed by atoms with E-state index in [1.807, 2.05) is 24.3 Å². The SMILES string of the molecule is Cc1ccc(OCc2ccc(CN3CC(C)OC(C)C3)cc2C#N)c(-c2csc(N3CC4CCC(C3)C4C=O)n2)c1. The van der Waals surface area contributed by atoms with Crippen molar-refractivity contribution in [2.75, 3.05) is 31.1 Å². The van der Waals surface area contributed by atoms with Crippen molar-refractivity contribution in [1.82, 2.24) is 9.88 Å². The van der Waals surface area contributed by atoms with E-state index in [1.54, 1.807) is 11.3 Å². The molecule has 1 aromatic heterocycles. The molecule has 3 aliphatic rings. The predicted molar refractivity (Wildman–Crippen MR) is 161 cm³/mol. The molecule has 2 saturated heterocycles. The summed E-state index contributed by atoms with van der Waals surface area (Å²) in [6, 6.07) is 14.7. The number of nitrogens with zero attached hydrogens (tertiary/aromatic N) is 4. The van der Waals surface area contributed by atoms with Gasteiger partial charge in [-0.2, -0.15) is 5.26 Å². The molecule has 1 saturated carbocycles. The van der Waals surface area contributed by atoms with Gasteiger partial charge in [0.2, 0.25) is 0 Å². The number of carbonyl (C=O) groups is 1. The highest BCUT2D eigenvalue weighted by Gasteiger charge is 2.42. The zero-order valence-corrected chi connectivity index (χ0v) is 24.9. The predicted octanol–water partition coefficient (Wildman–Crippen LogP) is 5.84. The number of piperidine rings is 1. The first-order valence-electron chi connectivity index (χ1n) is 14.7. The second kappa shape index (κ2) is 11.9. The third-order valence-electron chi connectivity index (χ3n) is 8.82. The van der Waals surface area contributed by atoms with Crippen LogP contribution < -0.4 is 9.64 Å². The van der Waals surface area contributed by atoms with Gasteiger partial charge in [0.1, 0.15) is 18.6 Å². The minimum absolute atomic E-state index is 0.210. The van der Waals surface area contributed by atoms with Gasteiger partial charge in [-0.25, -0.2) is 4.98 Å². The number of benzene rings is 2. The van der Waals surface area contributed by atoms with Crippen molar-refractivity contribution in [3.63, 3.8) is 0 Å². The standard InChI is InChI=1S/C33H38N4O3S/c1-21-4-9-32(29(10-21)31-20-41-33(35-31)37-16-25-7-8-26(17-37)30(25)18-38)39-19-27-6-5-24(11-28(27)12-34)15-36-13-22(2)40-23(3)14-36/h4-6,9-11,18,20,22-23,25-26,30H,7-8,13-17,19H2,1-3H3. The first kappa shape index (κ1) is 27.9. The normalized spacial score (nSPS) is 26.1. The molecule has 4 unspecified atom stereocenters.